The van der Waals surface area contributed by atoms with Gasteiger partial charge in [-0.1, -0.05) is 0 Å². The van der Waals surface area contributed by atoms with Crippen LogP contribution < -0.4 is 16.4 Å². The van der Waals surface area contributed by atoms with Crippen LogP contribution in [0.1, 0.15) is 32.6 Å². The van der Waals surface area contributed by atoms with Crippen molar-refractivity contribution in [3.05, 3.63) is 0 Å². The molecule has 0 aliphatic carbocycles. The lowest BCUT2D eigenvalue weighted by Gasteiger charge is -2.20. The molecule has 1 amide bonds. The fourth-order valence-corrected chi connectivity index (χ4v) is 1.95. The van der Waals surface area contributed by atoms with Gasteiger partial charge in [-0.15, -0.1) is 0 Å². The van der Waals surface area contributed by atoms with Crippen molar-refractivity contribution < 1.29 is 4.79 Å². The first-order chi connectivity index (χ1) is 6.68. The Hall–Kier alpha value is -0.610. The first kappa shape index (κ1) is 11.5. The highest BCUT2D eigenvalue weighted by atomic mass is 16.1. The van der Waals surface area contributed by atoms with E-state index in [0.717, 1.165) is 19.5 Å². The molecule has 1 fully saturated rings. The highest BCUT2D eigenvalue weighted by molar-refractivity contribution is 5.74. The Kier molecular flexibility index (Phi) is 4.90. The zero-order chi connectivity index (χ0) is 10.4. The summed E-state index contributed by atoms with van der Waals surface area (Å²) in [6.07, 6.45) is 3.98. The van der Waals surface area contributed by atoms with Gasteiger partial charge in [-0.3, -0.25) is 4.79 Å². The van der Waals surface area contributed by atoms with Crippen LogP contribution in [0.3, 0.4) is 0 Å². The van der Waals surface area contributed by atoms with E-state index in [-0.39, 0.29) is 11.9 Å². The molecule has 4 nitrogen and oxygen atoms in total. The minimum absolute atomic E-state index is 0.204. The van der Waals surface area contributed by atoms with Crippen molar-refractivity contribution in [1.82, 2.24) is 10.6 Å². The number of amides is 1. The largest absolute Gasteiger partial charge is 0.370 e. The fraction of sp³-hybridized carbons (Fsp3) is 0.900. The lowest BCUT2D eigenvalue weighted by atomic mass is 10.1. The van der Waals surface area contributed by atoms with Crippen molar-refractivity contribution in [2.75, 3.05) is 13.1 Å². The van der Waals surface area contributed by atoms with Gasteiger partial charge >= 0.3 is 0 Å². The molecule has 0 aromatic heterocycles. The number of rotatable bonds is 4. The average Bonchev–Trinajstić information content (AvgIpc) is 2.31. The number of carbonyl (C=O) groups excluding carboxylic acids is 1. The summed E-state index contributed by atoms with van der Waals surface area (Å²) in [7, 11) is 0. The Morgan fingerprint density at radius 2 is 2.36 bits per heavy atom. The highest BCUT2D eigenvalue weighted by Crippen LogP contribution is 2.06. The Balaban J connectivity index is 2.23. The second-order valence-electron chi connectivity index (χ2n) is 4.12. The van der Waals surface area contributed by atoms with Gasteiger partial charge in [0.25, 0.3) is 0 Å². The van der Waals surface area contributed by atoms with E-state index in [1.54, 1.807) is 0 Å². The van der Waals surface area contributed by atoms with Gasteiger partial charge in [0.1, 0.15) is 0 Å². The lowest BCUT2D eigenvalue weighted by molar-refractivity contribution is -0.118. The second kappa shape index (κ2) is 5.98. The number of nitrogens with two attached hydrogens (primary N) is 1. The van der Waals surface area contributed by atoms with Crippen molar-refractivity contribution in [3.63, 3.8) is 0 Å². The molecule has 0 spiro atoms. The molecular formula is C10H21N3O. The van der Waals surface area contributed by atoms with Crippen LogP contribution in [0.15, 0.2) is 0 Å². The molecule has 1 aliphatic rings. The number of hydrogen-bond donors (Lipinski definition) is 3. The Labute approximate surface area is 85.6 Å². The molecule has 0 aromatic carbocycles. The van der Waals surface area contributed by atoms with E-state index < -0.39 is 0 Å². The van der Waals surface area contributed by atoms with Crippen molar-refractivity contribution >= 4 is 5.91 Å². The van der Waals surface area contributed by atoms with Crippen molar-refractivity contribution in [2.24, 2.45) is 5.73 Å². The van der Waals surface area contributed by atoms with Crippen LogP contribution in [-0.2, 0) is 4.79 Å². The molecule has 2 unspecified atom stereocenters. The molecule has 2 atom stereocenters. The summed E-state index contributed by atoms with van der Waals surface area (Å²) in [6, 6.07) is 0.745. The molecule has 4 heteroatoms. The molecule has 0 radical (unpaired) electrons. The molecule has 82 valence electrons. The molecule has 1 aliphatic heterocycles. The number of hydrogen-bond acceptors (Lipinski definition) is 3. The lowest BCUT2D eigenvalue weighted by Crippen LogP contribution is -2.39. The summed E-state index contributed by atoms with van der Waals surface area (Å²) in [4.78, 5) is 10.7. The van der Waals surface area contributed by atoms with E-state index in [0.29, 0.717) is 12.5 Å². The molecule has 14 heavy (non-hydrogen) atoms. The molecule has 1 rings (SSSR count). The van der Waals surface area contributed by atoms with Gasteiger partial charge in [0.05, 0.1) is 0 Å². The average molecular weight is 199 g/mol. The molecule has 0 bridgehead atoms. The maximum absolute atomic E-state index is 10.7. The molecular weight excluding hydrogens is 178 g/mol. The number of nitrogens with one attached hydrogen (secondary N) is 2. The van der Waals surface area contributed by atoms with E-state index in [1.807, 2.05) is 6.92 Å². The monoisotopic (exact) mass is 199 g/mol. The first-order valence-corrected chi connectivity index (χ1v) is 5.43. The van der Waals surface area contributed by atoms with Gasteiger partial charge in [0.2, 0.25) is 5.91 Å². The van der Waals surface area contributed by atoms with Crippen LogP contribution in [0.4, 0.5) is 0 Å². The quantitative estimate of drug-likeness (QED) is 0.596. The molecule has 0 aromatic rings. The third-order valence-electron chi connectivity index (χ3n) is 2.60. The third-order valence-corrected chi connectivity index (χ3v) is 2.60. The molecule has 1 saturated heterocycles. The van der Waals surface area contributed by atoms with Crippen LogP contribution in [0.2, 0.25) is 0 Å². The summed E-state index contributed by atoms with van der Waals surface area (Å²) in [5.41, 5.74) is 5.14. The Bertz CT molecular complexity index is 176. The van der Waals surface area contributed by atoms with Gasteiger partial charge in [-0.25, -0.2) is 0 Å². The SMILES string of the molecule is CC(CC(N)=O)NC1CCCNCC1. The second-order valence-corrected chi connectivity index (χ2v) is 4.12. The van der Waals surface area contributed by atoms with E-state index in [9.17, 15) is 4.79 Å². The normalized spacial score (nSPS) is 25.4. The summed E-state index contributed by atoms with van der Waals surface area (Å²) >= 11 is 0. The maximum atomic E-state index is 10.7. The van der Waals surface area contributed by atoms with Gasteiger partial charge in [-0.2, -0.15) is 0 Å². The highest BCUT2D eigenvalue weighted by Gasteiger charge is 2.14. The van der Waals surface area contributed by atoms with Crippen LogP contribution in [0.5, 0.6) is 0 Å². The van der Waals surface area contributed by atoms with Gasteiger partial charge in [0, 0.05) is 18.5 Å². The topological polar surface area (TPSA) is 67.2 Å². The van der Waals surface area contributed by atoms with Crippen molar-refractivity contribution in [2.45, 2.75) is 44.7 Å². The minimum atomic E-state index is -0.225. The predicted octanol–water partition coefficient (Wildman–Crippen LogP) is -0.0180. The van der Waals surface area contributed by atoms with E-state index in [1.165, 1.54) is 12.8 Å². The van der Waals surface area contributed by atoms with E-state index >= 15 is 0 Å². The Morgan fingerprint density at radius 1 is 1.57 bits per heavy atom. The standard InChI is InChI=1S/C10H21N3O/c1-8(7-10(11)14)13-9-3-2-5-12-6-4-9/h8-9,12-13H,2-7H2,1H3,(H2,11,14). The number of primary amides is 1. The zero-order valence-corrected chi connectivity index (χ0v) is 8.88. The minimum Gasteiger partial charge on any atom is -0.370 e. The van der Waals surface area contributed by atoms with Gasteiger partial charge in [0.15, 0.2) is 0 Å². The fourth-order valence-electron chi connectivity index (χ4n) is 1.95. The van der Waals surface area contributed by atoms with Crippen molar-refractivity contribution in [3.8, 4) is 0 Å². The number of carbonyl (C=O) groups is 1. The molecule has 1 heterocycles. The molecule has 0 saturated carbocycles. The summed E-state index contributed by atoms with van der Waals surface area (Å²) < 4.78 is 0. The van der Waals surface area contributed by atoms with E-state index in [4.69, 9.17) is 5.73 Å². The first-order valence-electron chi connectivity index (χ1n) is 5.43. The predicted molar refractivity (Wildman–Crippen MR) is 56.9 cm³/mol. The Morgan fingerprint density at radius 3 is 3.07 bits per heavy atom. The summed E-state index contributed by atoms with van der Waals surface area (Å²) in [5.74, 6) is -0.225. The van der Waals surface area contributed by atoms with Crippen LogP contribution >= 0.6 is 0 Å². The van der Waals surface area contributed by atoms with Crippen LogP contribution in [0.25, 0.3) is 0 Å². The smallest absolute Gasteiger partial charge is 0.218 e. The third kappa shape index (κ3) is 4.58. The maximum Gasteiger partial charge on any atom is 0.218 e. The van der Waals surface area contributed by atoms with Crippen molar-refractivity contribution in [1.29, 1.82) is 0 Å². The summed E-state index contributed by atoms with van der Waals surface area (Å²) in [6.45, 7) is 4.20. The summed E-state index contributed by atoms with van der Waals surface area (Å²) in [5, 5.41) is 6.81. The van der Waals surface area contributed by atoms with Gasteiger partial charge in [-0.05, 0) is 39.3 Å². The van der Waals surface area contributed by atoms with Gasteiger partial charge < -0.3 is 16.4 Å². The molecule has 4 N–H and O–H groups in total. The van der Waals surface area contributed by atoms with Crippen LogP contribution in [-0.4, -0.2) is 31.1 Å². The van der Waals surface area contributed by atoms with E-state index in [2.05, 4.69) is 10.6 Å². The zero-order valence-electron chi connectivity index (χ0n) is 8.88. The van der Waals surface area contributed by atoms with Crippen LogP contribution in [0, 0.1) is 0 Å².